The van der Waals surface area contributed by atoms with Gasteiger partial charge in [-0.2, -0.15) is 0 Å². The van der Waals surface area contributed by atoms with E-state index in [-0.39, 0.29) is 38.5 Å². The van der Waals surface area contributed by atoms with Crippen molar-refractivity contribution < 1.29 is 48.5 Å². The summed E-state index contributed by atoms with van der Waals surface area (Å²) in [4.78, 5) is 71.7. The van der Waals surface area contributed by atoms with E-state index in [1.807, 2.05) is 0 Å². The Morgan fingerprint density at radius 1 is 0.400 bits per heavy atom. The maximum atomic E-state index is 12.5. The quantitative estimate of drug-likeness (QED) is 0.255. The number of esters is 4. The lowest BCUT2D eigenvalue weighted by atomic mass is 10.0. The molecule has 40 heavy (non-hydrogen) atoms. The molecule has 0 aliphatic rings. The van der Waals surface area contributed by atoms with Gasteiger partial charge in [0.2, 0.25) is 0 Å². The molecule has 3 aromatic rings. The average Bonchev–Trinajstić information content (AvgIpc) is 2.87. The fourth-order valence-electron chi connectivity index (χ4n) is 4.05. The number of ether oxygens (including phenoxy) is 2. The largest absolute Gasteiger partial charge is 0.481 e. The zero-order valence-corrected chi connectivity index (χ0v) is 21.3. The normalized spacial score (nSPS) is 10.4. The highest BCUT2D eigenvalue weighted by Crippen LogP contribution is 2.15. The Hall–Kier alpha value is -5.12. The Labute approximate surface area is 229 Å². The van der Waals surface area contributed by atoms with Gasteiger partial charge in [0.05, 0.1) is 38.5 Å². The Morgan fingerprint density at radius 2 is 0.600 bits per heavy atom. The average molecular weight is 547 g/mol. The first-order chi connectivity index (χ1) is 19.1. The van der Waals surface area contributed by atoms with Gasteiger partial charge in [-0.25, -0.2) is 0 Å². The van der Waals surface area contributed by atoms with E-state index in [0.717, 1.165) is 0 Å². The molecule has 0 aliphatic carbocycles. The van der Waals surface area contributed by atoms with Crippen molar-refractivity contribution in [2.45, 2.75) is 38.5 Å². The topological polar surface area (TPSA) is 161 Å². The predicted molar refractivity (Wildman–Crippen MR) is 139 cm³/mol. The highest BCUT2D eigenvalue weighted by Gasteiger charge is 2.19. The van der Waals surface area contributed by atoms with Crippen LogP contribution in [0.3, 0.4) is 0 Å². The van der Waals surface area contributed by atoms with E-state index in [0.29, 0.717) is 33.4 Å². The molecule has 206 valence electrons. The third kappa shape index (κ3) is 9.32. The van der Waals surface area contributed by atoms with Crippen molar-refractivity contribution in [1.82, 2.24) is 0 Å². The molecule has 10 heteroatoms. The number of carboxylic acid groups (broad SMARTS) is 2. The van der Waals surface area contributed by atoms with Gasteiger partial charge in [0.1, 0.15) is 0 Å². The van der Waals surface area contributed by atoms with Crippen molar-refractivity contribution in [1.29, 1.82) is 0 Å². The molecule has 0 radical (unpaired) electrons. The molecule has 0 heterocycles. The summed E-state index contributed by atoms with van der Waals surface area (Å²) in [6, 6.07) is 19.3. The fraction of sp³-hybridized carbons (Fsp3) is 0.200. The number of carboxylic acids is 2. The minimum absolute atomic E-state index is 0.280. The smallest absolute Gasteiger partial charge is 0.317 e. The van der Waals surface area contributed by atoms with Crippen LogP contribution in [0.25, 0.3) is 0 Å². The van der Waals surface area contributed by atoms with Crippen LogP contribution in [-0.4, -0.2) is 46.0 Å². The van der Waals surface area contributed by atoms with Crippen LogP contribution < -0.4 is 0 Å². The van der Waals surface area contributed by atoms with Crippen LogP contribution in [0.15, 0.2) is 72.8 Å². The van der Waals surface area contributed by atoms with E-state index >= 15 is 0 Å². The molecule has 0 bridgehead atoms. The van der Waals surface area contributed by atoms with E-state index in [9.17, 15) is 28.8 Å². The number of hydrogen-bond donors (Lipinski definition) is 2. The second-order valence-corrected chi connectivity index (χ2v) is 8.85. The molecular formula is C30H26O10. The minimum Gasteiger partial charge on any atom is -0.481 e. The van der Waals surface area contributed by atoms with Crippen LogP contribution in [0.5, 0.6) is 0 Å². The standard InChI is InChI=1S/C30H26O10/c31-25(32)13-19-7-1-3-9-21(19)15-27(35)39-29(37)17-23-11-5-6-12-24(23)18-30(38)40-28(36)16-22-10-4-2-8-20(22)14-26(33)34/h1-12H,13-18H2,(H,31,32)(H,33,34). The molecule has 0 fully saturated rings. The van der Waals surface area contributed by atoms with Crippen molar-refractivity contribution in [2.75, 3.05) is 0 Å². The second-order valence-electron chi connectivity index (χ2n) is 8.85. The van der Waals surface area contributed by atoms with Gasteiger partial charge in [0.25, 0.3) is 0 Å². The molecule has 10 nitrogen and oxygen atoms in total. The Kier molecular flexibility index (Phi) is 10.4. The van der Waals surface area contributed by atoms with E-state index in [2.05, 4.69) is 0 Å². The van der Waals surface area contributed by atoms with Crippen LogP contribution in [0.2, 0.25) is 0 Å². The van der Waals surface area contributed by atoms with Crippen molar-refractivity contribution in [3.05, 3.63) is 106 Å². The van der Waals surface area contributed by atoms with Gasteiger partial charge in [-0.05, 0) is 33.4 Å². The molecular weight excluding hydrogens is 520 g/mol. The van der Waals surface area contributed by atoms with Crippen molar-refractivity contribution >= 4 is 35.8 Å². The summed E-state index contributed by atoms with van der Waals surface area (Å²) < 4.78 is 9.82. The molecule has 3 aromatic carbocycles. The van der Waals surface area contributed by atoms with Crippen molar-refractivity contribution in [3.8, 4) is 0 Å². The third-order valence-electron chi connectivity index (χ3n) is 5.83. The molecule has 0 aromatic heterocycles. The monoisotopic (exact) mass is 546 g/mol. The molecule has 0 atom stereocenters. The second kappa shape index (κ2) is 14.1. The highest BCUT2D eigenvalue weighted by molar-refractivity contribution is 5.90. The SMILES string of the molecule is O=C(O)Cc1ccccc1CC(=O)OC(=O)Cc1ccccc1CC(=O)OC(=O)Cc1ccccc1CC(=O)O. The summed E-state index contributed by atoms with van der Waals surface area (Å²) in [5.74, 6) is -5.56. The van der Waals surface area contributed by atoms with Gasteiger partial charge < -0.3 is 19.7 Å². The van der Waals surface area contributed by atoms with E-state index < -0.39 is 35.8 Å². The lowest BCUT2D eigenvalue weighted by molar-refractivity contribution is -0.160. The van der Waals surface area contributed by atoms with Gasteiger partial charge in [0, 0.05) is 0 Å². The summed E-state index contributed by atoms with van der Waals surface area (Å²) >= 11 is 0. The Morgan fingerprint density at radius 3 is 0.800 bits per heavy atom. The first kappa shape index (κ1) is 29.4. The van der Waals surface area contributed by atoms with Crippen LogP contribution >= 0.6 is 0 Å². The Bertz CT molecular complexity index is 1330. The number of carbonyl (C=O) groups excluding carboxylic acids is 4. The number of benzene rings is 3. The van der Waals surface area contributed by atoms with E-state index in [1.54, 1.807) is 72.8 Å². The minimum atomic E-state index is -1.06. The first-order valence-electron chi connectivity index (χ1n) is 12.2. The molecule has 2 N–H and O–H groups in total. The molecule has 0 aliphatic heterocycles. The third-order valence-corrected chi connectivity index (χ3v) is 5.83. The molecule has 0 unspecified atom stereocenters. The van der Waals surface area contributed by atoms with Gasteiger partial charge in [0.15, 0.2) is 0 Å². The summed E-state index contributed by atoms with van der Waals surface area (Å²) in [7, 11) is 0. The zero-order chi connectivity index (χ0) is 29.1. The van der Waals surface area contributed by atoms with Gasteiger partial charge in [-0.1, -0.05) is 72.8 Å². The molecule has 3 rings (SSSR count). The fourth-order valence-corrected chi connectivity index (χ4v) is 4.05. The maximum absolute atomic E-state index is 12.5. The van der Waals surface area contributed by atoms with Crippen LogP contribution in [0, 0.1) is 0 Å². The maximum Gasteiger partial charge on any atom is 0.317 e. The first-order valence-corrected chi connectivity index (χ1v) is 12.2. The van der Waals surface area contributed by atoms with E-state index in [1.165, 1.54) is 0 Å². The van der Waals surface area contributed by atoms with E-state index in [4.69, 9.17) is 19.7 Å². The highest BCUT2D eigenvalue weighted by atomic mass is 16.6. The number of rotatable bonds is 12. The van der Waals surface area contributed by atoms with Crippen LogP contribution in [-0.2, 0) is 76.8 Å². The summed E-state index contributed by atoms with van der Waals surface area (Å²) in [6.07, 6.45) is -1.80. The zero-order valence-electron chi connectivity index (χ0n) is 21.3. The number of hydrogen-bond acceptors (Lipinski definition) is 8. The van der Waals surface area contributed by atoms with Crippen LogP contribution in [0.4, 0.5) is 0 Å². The summed E-state index contributed by atoms with van der Waals surface area (Å²) in [5.41, 5.74) is 2.51. The lowest BCUT2D eigenvalue weighted by Gasteiger charge is -2.10. The van der Waals surface area contributed by atoms with Crippen LogP contribution in [0.1, 0.15) is 33.4 Å². The predicted octanol–water partition coefficient (Wildman–Crippen LogP) is 2.65. The summed E-state index contributed by atoms with van der Waals surface area (Å²) in [6.45, 7) is 0. The van der Waals surface area contributed by atoms with Gasteiger partial charge >= 0.3 is 35.8 Å². The number of aliphatic carboxylic acids is 2. The number of carbonyl (C=O) groups is 6. The molecule has 0 saturated heterocycles. The summed E-state index contributed by atoms with van der Waals surface area (Å²) in [5, 5.41) is 18.1. The van der Waals surface area contributed by atoms with Crippen molar-refractivity contribution in [3.63, 3.8) is 0 Å². The van der Waals surface area contributed by atoms with Crippen molar-refractivity contribution in [2.24, 2.45) is 0 Å². The van der Waals surface area contributed by atoms with Gasteiger partial charge in [-0.3, -0.25) is 28.8 Å². The molecule has 0 saturated carbocycles. The Balaban J connectivity index is 1.57. The molecule has 0 amide bonds. The molecule has 0 spiro atoms. The van der Waals surface area contributed by atoms with Gasteiger partial charge in [-0.15, -0.1) is 0 Å². The lowest BCUT2D eigenvalue weighted by Crippen LogP contribution is -2.20.